The third kappa shape index (κ3) is 4.66. The molecule has 150 valence electrons. The molecule has 1 atom stereocenters. The van der Waals surface area contributed by atoms with Gasteiger partial charge in [-0.3, -0.25) is 9.71 Å². The van der Waals surface area contributed by atoms with Crippen molar-refractivity contribution in [2.45, 2.75) is 45.6 Å². The third-order valence-corrected chi connectivity index (χ3v) is 6.18. The smallest absolute Gasteiger partial charge is 0.232 e. The Balaban J connectivity index is 1.93. The third-order valence-electron chi connectivity index (χ3n) is 4.84. The molecule has 0 fully saturated rings. The zero-order valence-corrected chi connectivity index (χ0v) is 16.9. The fraction of sp³-hybridized carbons (Fsp3) is 0.632. The molecule has 1 N–H and O–H groups in total. The average molecular weight is 396 g/mol. The van der Waals surface area contributed by atoms with Crippen LogP contribution in [0.4, 0.5) is 5.69 Å². The van der Waals surface area contributed by atoms with Crippen molar-refractivity contribution in [3.8, 4) is 11.5 Å². The summed E-state index contributed by atoms with van der Waals surface area (Å²) in [6.07, 6.45) is 5.22. The Bertz CT molecular complexity index is 779. The van der Waals surface area contributed by atoms with Crippen LogP contribution in [-0.4, -0.2) is 51.7 Å². The molecule has 0 amide bonds. The highest BCUT2D eigenvalue weighted by Crippen LogP contribution is 2.45. The molecule has 2 heterocycles. The summed E-state index contributed by atoms with van der Waals surface area (Å²) < 4.78 is 39.6. The summed E-state index contributed by atoms with van der Waals surface area (Å²) in [4.78, 5) is 6.50. The van der Waals surface area contributed by atoms with Crippen molar-refractivity contribution < 1.29 is 17.9 Å². The second-order valence-electron chi connectivity index (χ2n) is 6.83. The predicted molar refractivity (Wildman–Crippen MR) is 107 cm³/mol. The summed E-state index contributed by atoms with van der Waals surface area (Å²) in [6.45, 7) is 6.57. The Morgan fingerprint density at radius 2 is 2.19 bits per heavy atom. The van der Waals surface area contributed by atoms with Crippen molar-refractivity contribution >= 4 is 22.0 Å². The van der Waals surface area contributed by atoms with Crippen molar-refractivity contribution in [1.29, 1.82) is 0 Å². The maximum atomic E-state index is 12.6. The molecule has 27 heavy (non-hydrogen) atoms. The van der Waals surface area contributed by atoms with Gasteiger partial charge in [0, 0.05) is 18.5 Å². The van der Waals surface area contributed by atoms with Crippen LogP contribution in [0.5, 0.6) is 11.5 Å². The van der Waals surface area contributed by atoms with Gasteiger partial charge in [0.2, 0.25) is 10.0 Å². The fourth-order valence-corrected chi connectivity index (χ4v) is 4.71. The van der Waals surface area contributed by atoms with Crippen LogP contribution < -0.4 is 14.2 Å². The number of hydrogen-bond acceptors (Lipinski definition) is 6. The maximum Gasteiger partial charge on any atom is 0.232 e. The molecule has 1 unspecified atom stereocenters. The second-order valence-corrected chi connectivity index (χ2v) is 8.67. The van der Waals surface area contributed by atoms with Crippen LogP contribution in [-0.2, 0) is 10.0 Å². The number of rotatable bonds is 9. The van der Waals surface area contributed by atoms with Gasteiger partial charge in [-0.15, -0.1) is 0 Å². The van der Waals surface area contributed by atoms with Crippen molar-refractivity contribution in [2.75, 3.05) is 36.8 Å². The molecule has 0 aliphatic carbocycles. The van der Waals surface area contributed by atoms with Gasteiger partial charge in [-0.05, 0) is 25.5 Å². The standard InChI is InChI=1S/C19H29N3O4S/c1-3-5-6-13-27(23,24)21-18-17(25-4-2)8-7-15-16(9-12-26-19(15)18)22-11-10-20-14-22/h7-8,14,16,21H,3-6,9-13H2,1-2H3. The van der Waals surface area contributed by atoms with E-state index in [9.17, 15) is 8.42 Å². The first-order valence-corrected chi connectivity index (χ1v) is 11.4. The van der Waals surface area contributed by atoms with E-state index in [-0.39, 0.29) is 11.8 Å². The number of sulfonamides is 1. The summed E-state index contributed by atoms with van der Waals surface area (Å²) in [5.74, 6) is 1.18. The van der Waals surface area contributed by atoms with Gasteiger partial charge in [0.15, 0.2) is 5.75 Å². The Morgan fingerprint density at radius 1 is 1.33 bits per heavy atom. The minimum absolute atomic E-state index is 0.0955. The lowest BCUT2D eigenvalue weighted by molar-refractivity contribution is 0.210. The number of fused-ring (bicyclic) bond motifs is 1. The Kier molecular flexibility index (Phi) is 6.46. The molecule has 1 aromatic rings. The van der Waals surface area contributed by atoms with E-state index in [1.54, 1.807) is 0 Å². The maximum absolute atomic E-state index is 12.6. The highest BCUT2D eigenvalue weighted by atomic mass is 32.2. The van der Waals surface area contributed by atoms with E-state index in [0.717, 1.165) is 37.9 Å². The monoisotopic (exact) mass is 395 g/mol. The lowest BCUT2D eigenvalue weighted by atomic mass is 9.98. The molecule has 7 nitrogen and oxygen atoms in total. The summed E-state index contributed by atoms with van der Waals surface area (Å²) in [6, 6.07) is 3.95. The van der Waals surface area contributed by atoms with Crippen molar-refractivity contribution in [1.82, 2.24) is 4.90 Å². The van der Waals surface area contributed by atoms with E-state index in [2.05, 4.69) is 21.5 Å². The Hall–Kier alpha value is -1.96. The van der Waals surface area contributed by atoms with Crippen molar-refractivity contribution in [3.63, 3.8) is 0 Å². The summed E-state index contributed by atoms with van der Waals surface area (Å²) in [5, 5.41) is 0. The zero-order valence-electron chi connectivity index (χ0n) is 16.1. The first-order valence-electron chi connectivity index (χ1n) is 9.74. The van der Waals surface area contributed by atoms with Crippen LogP contribution >= 0.6 is 0 Å². The van der Waals surface area contributed by atoms with E-state index in [1.807, 2.05) is 25.4 Å². The molecule has 0 bridgehead atoms. The molecule has 0 radical (unpaired) electrons. The minimum Gasteiger partial charge on any atom is -0.492 e. The summed E-state index contributed by atoms with van der Waals surface area (Å²) in [5.41, 5.74) is 1.40. The molecule has 0 saturated heterocycles. The number of aliphatic imine (C=N–C) groups is 1. The van der Waals surface area contributed by atoms with Crippen LogP contribution in [0.1, 0.15) is 51.1 Å². The number of benzene rings is 1. The quantitative estimate of drug-likeness (QED) is 0.650. The van der Waals surface area contributed by atoms with Gasteiger partial charge < -0.3 is 14.4 Å². The average Bonchev–Trinajstić information content (AvgIpc) is 3.18. The lowest BCUT2D eigenvalue weighted by Crippen LogP contribution is -2.31. The van der Waals surface area contributed by atoms with E-state index >= 15 is 0 Å². The van der Waals surface area contributed by atoms with Gasteiger partial charge in [0.25, 0.3) is 0 Å². The van der Waals surface area contributed by atoms with Gasteiger partial charge in [0.05, 0.1) is 37.9 Å². The van der Waals surface area contributed by atoms with E-state index in [0.29, 0.717) is 36.8 Å². The molecule has 2 aliphatic rings. The van der Waals surface area contributed by atoms with Crippen LogP contribution in [0.15, 0.2) is 17.1 Å². The van der Waals surface area contributed by atoms with Crippen molar-refractivity contribution in [3.05, 3.63) is 17.7 Å². The van der Waals surface area contributed by atoms with Gasteiger partial charge in [-0.25, -0.2) is 8.42 Å². The molecule has 8 heteroatoms. The molecular formula is C19H29N3O4S. The van der Waals surface area contributed by atoms with Gasteiger partial charge in [-0.1, -0.05) is 19.8 Å². The summed E-state index contributed by atoms with van der Waals surface area (Å²) in [7, 11) is -3.47. The first kappa shape index (κ1) is 19.8. The number of unbranched alkanes of at least 4 members (excludes halogenated alkanes) is 2. The number of nitrogens with zero attached hydrogens (tertiary/aromatic N) is 2. The highest BCUT2D eigenvalue weighted by molar-refractivity contribution is 7.92. The predicted octanol–water partition coefficient (Wildman–Crippen LogP) is 3.18. The molecule has 0 aromatic heterocycles. The molecule has 0 spiro atoms. The van der Waals surface area contributed by atoms with Crippen LogP contribution in [0.3, 0.4) is 0 Å². The normalized spacial score (nSPS) is 18.9. The number of nitrogens with one attached hydrogen (secondary N) is 1. The molecular weight excluding hydrogens is 366 g/mol. The highest BCUT2D eigenvalue weighted by Gasteiger charge is 2.31. The topological polar surface area (TPSA) is 80.2 Å². The Morgan fingerprint density at radius 3 is 2.89 bits per heavy atom. The second kappa shape index (κ2) is 8.82. The van der Waals surface area contributed by atoms with Gasteiger partial charge in [-0.2, -0.15) is 0 Å². The lowest BCUT2D eigenvalue weighted by Gasteiger charge is -2.33. The molecule has 3 rings (SSSR count). The molecule has 0 saturated carbocycles. The SMILES string of the molecule is CCCCCS(=O)(=O)Nc1c(OCC)ccc2c1OCCC2N1C=NCC1. The van der Waals surface area contributed by atoms with E-state index < -0.39 is 10.0 Å². The van der Waals surface area contributed by atoms with Gasteiger partial charge >= 0.3 is 0 Å². The largest absolute Gasteiger partial charge is 0.492 e. The van der Waals surface area contributed by atoms with Crippen LogP contribution in [0.25, 0.3) is 0 Å². The number of hydrogen-bond donors (Lipinski definition) is 1. The fourth-order valence-electron chi connectivity index (χ4n) is 3.52. The minimum atomic E-state index is -3.47. The van der Waals surface area contributed by atoms with Crippen LogP contribution in [0.2, 0.25) is 0 Å². The first-order chi connectivity index (χ1) is 13.1. The molecule has 2 aliphatic heterocycles. The number of ether oxygens (including phenoxy) is 2. The van der Waals surface area contributed by atoms with E-state index in [1.165, 1.54) is 0 Å². The number of anilines is 1. The zero-order chi connectivity index (χ0) is 19.3. The summed E-state index contributed by atoms with van der Waals surface area (Å²) >= 11 is 0. The van der Waals surface area contributed by atoms with Gasteiger partial charge in [0.1, 0.15) is 11.4 Å². The Labute approximate surface area is 161 Å². The van der Waals surface area contributed by atoms with Crippen molar-refractivity contribution in [2.24, 2.45) is 4.99 Å². The van der Waals surface area contributed by atoms with Crippen LogP contribution in [0, 0.1) is 0 Å². The molecule has 1 aromatic carbocycles. The van der Waals surface area contributed by atoms with E-state index in [4.69, 9.17) is 9.47 Å².